The smallest absolute Gasteiger partial charge is 0.292 e. The Hall–Kier alpha value is -2.19. The van der Waals surface area contributed by atoms with Crippen LogP contribution in [0.25, 0.3) is 0 Å². The zero-order valence-electron chi connectivity index (χ0n) is 10.9. The molecular weight excluding hydrogens is 317 g/mol. The topological polar surface area (TPSA) is 76.2 Å². The lowest BCUT2D eigenvalue weighted by Crippen LogP contribution is -2.49. The summed E-state index contributed by atoms with van der Waals surface area (Å²) in [6.07, 6.45) is 1.49. The molecule has 1 heterocycles. The zero-order valence-corrected chi connectivity index (χ0v) is 12.5. The van der Waals surface area contributed by atoms with E-state index in [2.05, 4.69) is 10.5 Å². The van der Waals surface area contributed by atoms with E-state index in [-0.39, 0.29) is 15.8 Å². The summed E-state index contributed by atoms with van der Waals surface area (Å²) in [6, 6.07) is 5.30. The van der Waals surface area contributed by atoms with Crippen LogP contribution in [0.15, 0.2) is 30.5 Å². The predicted octanol–water partition coefficient (Wildman–Crippen LogP) is 1.61. The van der Waals surface area contributed by atoms with Gasteiger partial charge in [0, 0.05) is 13.2 Å². The molecule has 21 heavy (non-hydrogen) atoms. The molecular formula is C12H11ClFN5OS. The van der Waals surface area contributed by atoms with Crippen LogP contribution in [0.1, 0.15) is 10.5 Å². The summed E-state index contributed by atoms with van der Waals surface area (Å²) in [5, 5.41) is 5.16. The van der Waals surface area contributed by atoms with Crippen LogP contribution in [0.4, 0.5) is 10.1 Å². The highest BCUT2D eigenvalue weighted by molar-refractivity contribution is 7.80. The number of halogens is 2. The van der Waals surface area contributed by atoms with E-state index in [9.17, 15) is 9.18 Å². The van der Waals surface area contributed by atoms with Crippen molar-refractivity contribution in [3.05, 3.63) is 47.0 Å². The Bertz CT molecular complexity index is 687. The molecule has 2 rings (SSSR count). The highest BCUT2D eigenvalue weighted by atomic mass is 35.5. The fourth-order valence-electron chi connectivity index (χ4n) is 1.60. The van der Waals surface area contributed by atoms with Crippen molar-refractivity contribution in [2.45, 2.75) is 0 Å². The van der Waals surface area contributed by atoms with E-state index in [4.69, 9.17) is 29.6 Å². The van der Waals surface area contributed by atoms with Crippen LogP contribution in [-0.2, 0) is 7.05 Å². The Morgan fingerprint density at radius 3 is 2.57 bits per heavy atom. The first-order valence-electron chi connectivity index (χ1n) is 5.73. The monoisotopic (exact) mass is 327 g/mol. The largest absolute Gasteiger partial charge is 0.374 e. The van der Waals surface area contributed by atoms with E-state index < -0.39 is 11.7 Å². The average Bonchev–Trinajstić information content (AvgIpc) is 2.76. The number of nitrogens with zero attached hydrogens (tertiary/aromatic N) is 3. The number of nitrogens with two attached hydrogens (primary N) is 1. The van der Waals surface area contributed by atoms with E-state index >= 15 is 0 Å². The summed E-state index contributed by atoms with van der Waals surface area (Å²) in [5.74, 6) is -1.00. The number of benzene rings is 1. The highest BCUT2D eigenvalue weighted by Crippen LogP contribution is 2.16. The van der Waals surface area contributed by atoms with Gasteiger partial charge in [0.1, 0.15) is 5.82 Å². The van der Waals surface area contributed by atoms with E-state index in [1.807, 2.05) is 0 Å². The third kappa shape index (κ3) is 3.47. The highest BCUT2D eigenvalue weighted by Gasteiger charge is 2.19. The van der Waals surface area contributed by atoms with Gasteiger partial charge in [0.15, 0.2) is 10.8 Å². The minimum atomic E-state index is -0.585. The lowest BCUT2D eigenvalue weighted by molar-refractivity contribution is 0.0949. The molecule has 0 atom stereocenters. The molecule has 0 aliphatic carbocycles. The van der Waals surface area contributed by atoms with E-state index in [1.165, 1.54) is 35.1 Å². The zero-order chi connectivity index (χ0) is 15.6. The molecule has 110 valence electrons. The third-order valence-corrected chi connectivity index (χ3v) is 2.98. The Balaban J connectivity index is 2.24. The fourth-order valence-corrected chi connectivity index (χ4v) is 2.02. The number of anilines is 1. The van der Waals surface area contributed by atoms with Gasteiger partial charge >= 0.3 is 0 Å². The molecule has 1 amide bonds. The van der Waals surface area contributed by atoms with Crippen molar-refractivity contribution >= 4 is 40.5 Å². The second-order valence-corrected chi connectivity index (χ2v) is 4.92. The van der Waals surface area contributed by atoms with Gasteiger partial charge in [0.25, 0.3) is 5.91 Å². The van der Waals surface area contributed by atoms with Crippen molar-refractivity contribution in [2.75, 3.05) is 5.01 Å². The lowest BCUT2D eigenvalue weighted by Gasteiger charge is -2.22. The standard InChI is InChI=1S/C12H11ClFN5OS/c1-18-6-9(13)10(16-18)11(20)17-19(12(15)21)8-4-2-7(14)3-5-8/h2-6H,1H3,(H2,15,21)(H,17,20). The Labute approximate surface area is 130 Å². The Morgan fingerprint density at radius 1 is 1.48 bits per heavy atom. The number of hydrogen-bond donors (Lipinski definition) is 2. The maximum Gasteiger partial charge on any atom is 0.292 e. The number of thiocarbonyl (C=S) groups is 1. The van der Waals surface area contributed by atoms with Crippen LogP contribution >= 0.6 is 23.8 Å². The van der Waals surface area contributed by atoms with E-state index in [1.54, 1.807) is 7.05 Å². The molecule has 0 fully saturated rings. The van der Waals surface area contributed by atoms with Gasteiger partial charge in [-0.25, -0.2) is 9.40 Å². The molecule has 2 aromatic rings. The third-order valence-electron chi connectivity index (χ3n) is 2.52. The number of aromatic nitrogens is 2. The molecule has 3 N–H and O–H groups in total. The van der Waals surface area contributed by atoms with Gasteiger partial charge in [-0.1, -0.05) is 11.6 Å². The van der Waals surface area contributed by atoms with Crippen molar-refractivity contribution < 1.29 is 9.18 Å². The first kappa shape index (κ1) is 15.2. The van der Waals surface area contributed by atoms with Crippen LogP contribution in [0.5, 0.6) is 0 Å². The lowest BCUT2D eigenvalue weighted by atomic mass is 10.3. The fraction of sp³-hybridized carbons (Fsp3) is 0.0833. The summed E-state index contributed by atoms with van der Waals surface area (Å²) in [5.41, 5.74) is 8.47. The number of hydrogen-bond acceptors (Lipinski definition) is 3. The van der Waals surface area contributed by atoms with Crippen molar-refractivity contribution in [1.29, 1.82) is 0 Å². The predicted molar refractivity (Wildman–Crippen MR) is 81.3 cm³/mol. The molecule has 9 heteroatoms. The second-order valence-electron chi connectivity index (χ2n) is 4.09. The number of aryl methyl sites for hydroxylation is 1. The number of carbonyl (C=O) groups is 1. The van der Waals surface area contributed by atoms with Crippen molar-refractivity contribution in [3.63, 3.8) is 0 Å². The van der Waals surface area contributed by atoms with Crippen LogP contribution in [-0.4, -0.2) is 20.8 Å². The summed E-state index contributed by atoms with van der Waals surface area (Å²) in [6.45, 7) is 0. The maximum absolute atomic E-state index is 12.9. The molecule has 0 unspecified atom stereocenters. The van der Waals surface area contributed by atoms with Crippen LogP contribution in [0.2, 0.25) is 5.02 Å². The minimum absolute atomic E-state index is 0.0301. The molecule has 0 bridgehead atoms. The van der Waals surface area contributed by atoms with Crippen LogP contribution in [0, 0.1) is 5.82 Å². The van der Waals surface area contributed by atoms with Gasteiger partial charge in [0.2, 0.25) is 0 Å². The minimum Gasteiger partial charge on any atom is -0.374 e. The summed E-state index contributed by atoms with van der Waals surface area (Å²) < 4.78 is 14.3. The number of carbonyl (C=O) groups excluding carboxylic acids is 1. The molecule has 0 aliphatic heterocycles. The first-order valence-corrected chi connectivity index (χ1v) is 6.52. The molecule has 0 radical (unpaired) electrons. The summed E-state index contributed by atoms with van der Waals surface area (Å²) in [7, 11) is 1.63. The molecule has 0 saturated heterocycles. The van der Waals surface area contributed by atoms with Crippen molar-refractivity contribution in [2.24, 2.45) is 12.8 Å². The first-order chi connectivity index (χ1) is 9.88. The number of hydrazine groups is 1. The van der Waals surface area contributed by atoms with Gasteiger partial charge in [-0.3, -0.25) is 14.9 Å². The molecule has 0 saturated carbocycles. The number of amides is 1. The molecule has 0 aliphatic rings. The van der Waals surface area contributed by atoms with E-state index in [0.717, 1.165) is 5.01 Å². The summed E-state index contributed by atoms with van der Waals surface area (Å²) in [4.78, 5) is 12.1. The average molecular weight is 328 g/mol. The second kappa shape index (κ2) is 6.06. The van der Waals surface area contributed by atoms with Gasteiger partial charge < -0.3 is 5.73 Å². The van der Waals surface area contributed by atoms with Gasteiger partial charge in [-0.05, 0) is 36.5 Å². The van der Waals surface area contributed by atoms with Gasteiger partial charge in [-0.2, -0.15) is 5.10 Å². The van der Waals surface area contributed by atoms with Crippen molar-refractivity contribution in [3.8, 4) is 0 Å². The quantitative estimate of drug-likeness (QED) is 0.647. The van der Waals surface area contributed by atoms with Crippen LogP contribution in [0.3, 0.4) is 0 Å². The van der Waals surface area contributed by atoms with E-state index in [0.29, 0.717) is 5.69 Å². The summed E-state index contributed by atoms with van der Waals surface area (Å²) >= 11 is 10.8. The molecule has 0 spiro atoms. The molecule has 6 nitrogen and oxygen atoms in total. The van der Waals surface area contributed by atoms with Gasteiger partial charge in [-0.15, -0.1) is 0 Å². The Morgan fingerprint density at radius 2 is 2.10 bits per heavy atom. The Kier molecular flexibility index (Phi) is 4.39. The van der Waals surface area contributed by atoms with Crippen LogP contribution < -0.4 is 16.2 Å². The van der Waals surface area contributed by atoms with Crippen molar-refractivity contribution in [1.82, 2.24) is 15.2 Å². The number of nitrogens with one attached hydrogen (secondary N) is 1. The number of rotatable bonds is 2. The molecule has 1 aromatic heterocycles. The maximum atomic E-state index is 12.9. The normalized spacial score (nSPS) is 10.2. The van der Waals surface area contributed by atoms with Gasteiger partial charge in [0.05, 0.1) is 10.7 Å². The molecule has 1 aromatic carbocycles. The SMILES string of the molecule is Cn1cc(Cl)c(C(=O)NN(C(N)=S)c2ccc(F)cc2)n1.